The van der Waals surface area contributed by atoms with Crippen molar-refractivity contribution in [1.29, 1.82) is 0 Å². The van der Waals surface area contributed by atoms with Gasteiger partial charge in [0.05, 0.1) is 6.61 Å². The molecule has 0 atom stereocenters. The topological polar surface area (TPSA) is 105 Å². The van der Waals surface area contributed by atoms with Gasteiger partial charge < -0.3 is 9.84 Å². The maximum atomic E-state index is 11.3. The molecule has 0 bridgehead atoms. The third kappa shape index (κ3) is 11.6. The summed E-state index contributed by atoms with van der Waals surface area (Å²) < 4.78 is 31.9. The molecule has 0 heterocycles. The van der Waals surface area contributed by atoms with Gasteiger partial charge in [0, 0.05) is 26.6 Å². The Labute approximate surface area is 102 Å². The number of carbonyl (C=O) groups is 1. The summed E-state index contributed by atoms with van der Waals surface area (Å²) in [6.45, 7) is 0.853. The summed E-state index contributed by atoms with van der Waals surface area (Å²) in [6, 6.07) is 0. The Balaban J connectivity index is 3.49. The smallest absolute Gasteiger partial charge is 0.303 e. The first-order valence-electron chi connectivity index (χ1n) is 5.43. The van der Waals surface area contributed by atoms with Crippen molar-refractivity contribution in [3.8, 4) is 0 Å². The molecule has 0 aliphatic rings. The lowest BCUT2D eigenvalue weighted by atomic mass is 10.2. The normalized spacial score (nSPS) is 11.6. The number of carboxylic acid groups (broad SMARTS) is 1. The molecule has 0 spiro atoms. The second-order valence-electron chi connectivity index (χ2n) is 3.49. The highest BCUT2D eigenvalue weighted by molar-refractivity contribution is 7.87. The number of aliphatic carboxylic acids is 1. The van der Waals surface area contributed by atoms with Crippen LogP contribution in [-0.4, -0.2) is 46.3 Å². The van der Waals surface area contributed by atoms with E-state index in [1.165, 1.54) is 7.11 Å². The molecule has 0 aliphatic carbocycles. The zero-order chi connectivity index (χ0) is 13.1. The van der Waals surface area contributed by atoms with Crippen LogP contribution in [-0.2, 0) is 19.7 Å². The number of unbranched alkanes of at least 4 members (excludes halogenated alkanes) is 2. The summed E-state index contributed by atoms with van der Waals surface area (Å²) >= 11 is 0. The monoisotopic (exact) mass is 268 g/mol. The maximum Gasteiger partial charge on any atom is 0.303 e. The van der Waals surface area contributed by atoms with Crippen molar-refractivity contribution in [3.63, 3.8) is 0 Å². The van der Waals surface area contributed by atoms with E-state index in [9.17, 15) is 13.2 Å². The maximum absolute atomic E-state index is 11.3. The number of nitrogens with one attached hydrogen (secondary N) is 2. The molecule has 0 aromatic carbocycles. The lowest BCUT2D eigenvalue weighted by Gasteiger charge is -2.07. The number of hydrogen-bond donors (Lipinski definition) is 3. The van der Waals surface area contributed by atoms with Gasteiger partial charge in [-0.25, -0.2) is 4.72 Å². The van der Waals surface area contributed by atoms with E-state index in [4.69, 9.17) is 9.84 Å². The molecule has 0 aliphatic heterocycles. The average Bonchev–Trinajstić information content (AvgIpc) is 2.23. The molecule has 0 aromatic heterocycles. The lowest BCUT2D eigenvalue weighted by Crippen LogP contribution is -2.38. The predicted molar refractivity (Wildman–Crippen MR) is 62.9 cm³/mol. The van der Waals surface area contributed by atoms with Crippen LogP contribution in [0.5, 0.6) is 0 Å². The van der Waals surface area contributed by atoms with Gasteiger partial charge in [-0.3, -0.25) is 4.79 Å². The molecule has 0 saturated carbocycles. The van der Waals surface area contributed by atoms with Crippen molar-refractivity contribution >= 4 is 16.2 Å². The Bertz CT molecular complexity index is 305. The van der Waals surface area contributed by atoms with E-state index >= 15 is 0 Å². The molecule has 102 valence electrons. The summed E-state index contributed by atoms with van der Waals surface area (Å²) in [5.74, 6) is -0.827. The van der Waals surface area contributed by atoms with Crippen molar-refractivity contribution in [2.75, 3.05) is 26.8 Å². The van der Waals surface area contributed by atoms with Gasteiger partial charge in [0.15, 0.2) is 0 Å². The first-order valence-corrected chi connectivity index (χ1v) is 6.91. The van der Waals surface area contributed by atoms with Gasteiger partial charge >= 0.3 is 5.97 Å². The molecule has 0 unspecified atom stereocenters. The third-order valence-corrected chi connectivity index (χ3v) is 3.13. The van der Waals surface area contributed by atoms with Gasteiger partial charge in [0.2, 0.25) is 0 Å². The fraction of sp³-hybridized carbons (Fsp3) is 0.889. The second kappa shape index (κ2) is 9.34. The largest absolute Gasteiger partial charge is 0.481 e. The van der Waals surface area contributed by atoms with Crippen molar-refractivity contribution in [2.45, 2.75) is 25.7 Å². The van der Waals surface area contributed by atoms with Crippen LogP contribution in [0.2, 0.25) is 0 Å². The van der Waals surface area contributed by atoms with Crippen LogP contribution in [0.3, 0.4) is 0 Å². The van der Waals surface area contributed by atoms with Crippen molar-refractivity contribution in [3.05, 3.63) is 0 Å². The number of ether oxygens (including phenoxy) is 1. The number of carboxylic acids is 1. The molecule has 7 nitrogen and oxygen atoms in total. The molecule has 0 aromatic rings. The lowest BCUT2D eigenvalue weighted by molar-refractivity contribution is -0.137. The van der Waals surface area contributed by atoms with Crippen LogP contribution in [0.15, 0.2) is 0 Å². The third-order valence-electron chi connectivity index (χ3n) is 1.96. The van der Waals surface area contributed by atoms with E-state index in [0.29, 0.717) is 32.4 Å². The summed E-state index contributed by atoms with van der Waals surface area (Å²) in [4.78, 5) is 10.2. The molecule has 8 heteroatoms. The zero-order valence-corrected chi connectivity index (χ0v) is 10.8. The Morgan fingerprint density at radius 2 is 1.82 bits per heavy atom. The van der Waals surface area contributed by atoms with Crippen molar-refractivity contribution in [1.82, 2.24) is 9.44 Å². The zero-order valence-electron chi connectivity index (χ0n) is 9.94. The first-order chi connectivity index (χ1) is 7.98. The number of rotatable bonds is 11. The highest BCUT2D eigenvalue weighted by Gasteiger charge is 2.07. The van der Waals surface area contributed by atoms with E-state index in [0.717, 1.165) is 0 Å². The SMILES string of the molecule is COCCNS(=O)(=O)NCCCCCC(=O)O. The summed E-state index contributed by atoms with van der Waals surface area (Å²) in [6.07, 6.45) is 2.00. The molecule has 0 rings (SSSR count). The van der Waals surface area contributed by atoms with E-state index in [1.54, 1.807) is 0 Å². The molecule has 0 amide bonds. The van der Waals surface area contributed by atoms with Gasteiger partial charge in [-0.2, -0.15) is 13.1 Å². The molecule has 17 heavy (non-hydrogen) atoms. The van der Waals surface area contributed by atoms with Crippen molar-refractivity contribution in [2.24, 2.45) is 0 Å². The Morgan fingerprint density at radius 1 is 1.18 bits per heavy atom. The molecular formula is C9H20N2O5S. The van der Waals surface area contributed by atoms with Crippen LogP contribution in [0.25, 0.3) is 0 Å². The van der Waals surface area contributed by atoms with Crippen LogP contribution in [0, 0.1) is 0 Å². The van der Waals surface area contributed by atoms with Crippen LogP contribution in [0.4, 0.5) is 0 Å². The predicted octanol–water partition coefficient (Wildman–Crippen LogP) is -0.298. The minimum atomic E-state index is -3.45. The van der Waals surface area contributed by atoms with Gasteiger partial charge in [-0.15, -0.1) is 0 Å². The second-order valence-corrected chi connectivity index (χ2v) is 5.07. The number of methoxy groups -OCH3 is 1. The molecule has 3 N–H and O–H groups in total. The Hall–Kier alpha value is -0.700. The van der Waals surface area contributed by atoms with Crippen LogP contribution < -0.4 is 9.44 Å². The van der Waals surface area contributed by atoms with Crippen LogP contribution in [0.1, 0.15) is 25.7 Å². The molecule has 0 radical (unpaired) electrons. The fourth-order valence-corrected chi connectivity index (χ4v) is 1.98. The van der Waals surface area contributed by atoms with Gasteiger partial charge in [-0.05, 0) is 12.8 Å². The highest BCUT2D eigenvalue weighted by Crippen LogP contribution is 1.98. The van der Waals surface area contributed by atoms with Gasteiger partial charge in [0.1, 0.15) is 0 Å². The van der Waals surface area contributed by atoms with Crippen LogP contribution >= 0.6 is 0 Å². The van der Waals surface area contributed by atoms with E-state index in [2.05, 4.69) is 9.44 Å². The summed E-state index contributed by atoms with van der Waals surface area (Å²) in [5, 5.41) is 8.39. The number of hydrogen-bond acceptors (Lipinski definition) is 4. The minimum Gasteiger partial charge on any atom is -0.481 e. The molecule has 0 fully saturated rings. The standard InChI is InChI=1S/C9H20N2O5S/c1-16-8-7-11-17(14,15)10-6-4-2-3-5-9(12)13/h10-11H,2-8H2,1H3,(H,12,13). The quantitative estimate of drug-likeness (QED) is 0.446. The summed E-state index contributed by atoms with van der Waals surface area (Å²) in [5.41, 5.74) is 0. The molecule has 0 saturated heterocycles. The van der Waals surface area contributed by atoms with E-state index in [-0.39, 0.29) is 13.0 Å². The van der Waals surface area contributed by atoms with Gasteiger partial charge in [0.25, 0.3) is 10.2 Å². The minimum absolute atomic E-state index is 0.124. The summed E-state index contributed by atoms with van der Waals surface area (Å²) in [7, 11) is -1.96. The average molecular weight is 268 g/mol. The Morgan fingerprint density at radius 3 is 2.41 bits per heavy atom. The van der Waals surface area contributed by atoms with E-state index < -0.39 is 16.2 Å². The fourth-order valence-electron chi connectivity index (χ4n) is 1.11. The van der Waals surface area contributed by atoms with Crippen molar-refractivity contribution < 1.29 is 23.1 Å². The first kappa shape index (κ1) is 16.3. The highest BCUT2D eigenvalue weighted by atomic mass is 32.2. The van der Waals surface area contributed by atoms with E-state index in [1.807, 2.05) is 0 Å². The van der Waals surface area contributed by atoms with Gasteiger partial charge in [-0.1, -0.05) is 6.42 Å². The molecular weight excluding hydrogens is 248 g/mol. The Kier molecular flexibility index (Phi) is 8.96.